The van der Waals surface area contributed by atoms with Crippen LogP contribution in [0.5, 0.6) is 0 Å². The zero-order chi connectivity index (χ0) is 26.7. The van der Waals surface area contributed by atoms with Crippen LogP contribution >= 0.6 is 0 Å². The van der Waals surface area contributed by atoms with Crippen molar-refractivity contribution in [3.8, 4) is 0 Å². The molecule has 2 amide bonds. The Hall–Kier alpha value is -3.08. The van der Waals surface area contributed by atoms with Gasteiger partial charge in [0.15, 0.2) is 0 Å². The number of carbonyl (C=O) groups is 2. The first-order valence-corrected chi connectivity index (χ1v) is 11.7. The van der Waals surface area contributed by atoms with E-state index in [1.165, 1.54) is 31.6 Å². The van der Waals surface area contributed by atoms with E-state index in [1.807, 2.05) is 4.90 Å². The maximum Gasteiger partial charge on any atom is 0.395 e. The highest BCUT2D eigenvalue weighted by Gasteiger charge is 2.67. The van der Waals surface area contributed by atoms with Crippen LogP contribution in [0.1, 0.15) is 52.5 Å². The fourth-order valence-electron chi connectivity index (χ4n) is 4.38. The van der Waals surface area contributed by atoms with Crippen LogP contribution < -0.4 is 10.6 Å². The molecule has 1 aromatic carbocycles. The largest absolute Gasteiger partial charge is 0.395 e. The Morgan fingerprint density at radius 3 is 2.31 bits per heavy atom. The number of aromatic nitrogens is 2. The summed E-state index contributed by atoms with van der Waals surface area (Å²) in [6, 6.07) is 4.06. The van der Waals surface area contributed by atoms with Crippen molar-refractivity contribution in [1.29, 1.82) is 0 Å². The van der Waals surface area contributed by atoms with E-state index in [0.29, 0.717) is 23.4 Å². The molecule has 2 atom stereocenters. The minimum atomic E-state index is -4.44. The van der Waals surface area contributed by atoms with Crippen LogP contribution in [0.4, 0.5) is 17.6 Å². The lowest BCUT2D eigenvalue weighted by molar-refractivity contribution is -0.194. The Balaban J connectivity index is 1.69. The molecule has 11 heteroatoms. The van der Waals surface area contributed by atoms with Crippen molar-refractivity contribution >= 4 is 11.8 Å². The monoisotopic (exact) mass is 509 g/mol. The van der Waals surface area contributed by atoms with E-state index < -0.39 is 35.1 Å². The van der Waals surface area contributed by atoms with Crippen molar-refractivity contribution in [2.45, 2.75) is 50.7 Å². The molecule has 0 spiro atoms. The summed E-state index contributed by atoms with van der Waals surface area (Å²) in [6.45, 7) is 1.79. The summed E-state index contributed by atoms with van der Waals surface area (Å²) in [6.07, 6.45) is -1.78. The molecule has 1 heterocycles. The number of hydrogen-bond donors (Lipinski definition) is 2. The minimum Gasteiger partial charge on any atom is -0.355 e. The fraction of sp³-hybridized carbons (Fsp3) is 0.520. The van der Waals surface area contributed by atoms with Gasteiger partial charge in [-0.2, -0.15) is 13.2 Å². The molecule has 2 aromatic rings. The number of nitrogens with zero attached hydrogens (tertiary/aromatic N) is 3. The van der Waals surface area contributed by atoms with Gasteiger partial charge >= 0.3 is 6.18 Å². The number of aryl methyl sites for hydroxylation is 1. The summed E-state index contributed by atoms with van der Waals surface area (Å²) in [5.41, 5.74) is -1.10. The Morgan fingerprint density at radius 1 is 1.17 bits per heavy atom. The first-order chi connectivity index (χ1) is 16.9. The first-order valence-electron chi connectivity index (χ1n) is 11.7. The van der Waals surface area contributed by atoms with E-state index in [1.54, 1.807) is 27.1 Å². The quantitative estimate of drug-likeness (QED) is 0.480. The highest BCUT2D eigenvalue weighted by atomic mass is 19.4. The molecule has 36 heavy (non-hydrogen) atoms. The van der Waals surface area contributed by atoms with Crippen LogP contribution in [0.25, 0.3) is 0 Å². The maximum absolute atomic E-state index is 14.4. The first kappa shape index (κ1) is 27.5. The number of halogens is 4. The van der Waals surface area contributed by atoms with Crippen molar-refractivity contribution in [3.63, 3.8) is 0 Å². The van der Waals surface area contributed by atoms with Crippen LogP contribution in [-0.2, 0) is 11.2 Å². The second-order valence-electron chi connectivity index (χ2n) is 9.49. The predicted octanol–water partition coefficient (Wildman–Crippen LogP) is 3.39. The molecular formula is C25H31F4N5O2. The van der Waals surface area contributed by atoms with Crippen molar-refractivity contribution < 1.29 is 27.2 Å². The van der Waals surface area contributed by atoms with Crippen LogP contribution in [0.2, 0.25) is 0 Å². The van der Waals surface area contributed by atoms with Gasteiger partial charge in [-0.1, -0.05) is 6.07 Å². The lowest BCUT2D eigenvalue weighted by Crippen LogP contribution is -2.42. The van der Waals surface area contributed by atoms with E-state index in [-0.39, 0.29) is 37.4 Å². The van der Waals surface area contributed by atoms with E-state index in [2.05, 4.69) is 20.6 Å². The van der Waals surface area contributed by atoms with Gasteiger partial charge in [0, 0.05) is 44.4 Å². The molecule has 7 nitrogen and oxygen atoms in total. The highest BCUT2D eigenvalue weighted by Crippen LogP contribution is 2.66. The Labute approximate surface area is 207 Å². The lowest BCUT2D eigenvalue weighted by atomic mass is 9.81. The number of alkyl halides is 3. The molecule has 1 saturated carbocycles. The van der Waals surface area contributed by atoms with Gasteiger partial charge in [-0.3, -0.25) is 9.59 Å². The minimum absolute atomic E-state index is 0.0414. The summed E-state index contributed by atoms with van der Waals surface area (Å²) < 4.78 is 56.1. The zero-order valence-corrected chi connectivity index (χ0v) is 20.7. The van der Waals surface area contributed by atoms with E-state index >= 15 is 0 Å². The molecule has 0 unspecified atom stereocenters. The fourth-order valence-corrected chi connectivity index (χ4v) is 4.38. The molecule has 0 radical (unpaired) electrons. The average Bonchev–Trinajstić information content (AvgIpc) is 3.62. The van der Waals surface area contributed by atoms with Crippen molar-refractivity contribution in [2.75, 3.05) is 27.7 Å². The predicted molar refractivity (Wildman–Crippen MR) is 126 cm³/mol. The average molecular weight is 510 g/mol. The van der Waals surface area contributed by atoms with Crippen molar-refractivity contribution in [1.82, 2.24) is 25.5 Å². The molecule has 0 bridgehead atoms. The van der Waals surface area contributed by atoms with Gasteiger partial charge in [0.2, 0.25) is 5.91 Å². The third-order valence-electron chi connectivity index (χ3n) is 6.85. The molecule has 0 aliphatic heterocycles. The number of likely N-dealkylation sites (N-methyl/N-ethyl adjacent to an activating group) is 1. The number of benzene rings is 1. The molecule has 1 aromatic heterocycles. The molecule has 3 rings (SSSR count). The van der Waals surface area contributed by atoms with Crippen LogP contribution in [0.3, 0.4) is 0 Å². The van der Waals surface area contributed by atoms with Crippen molar-refractivity contribution in [2.24, 2.45) is 5.41 Å². The normalized spacial score (nSPS) is 16.4. The van der Waals surface area contributed by atoms with Gasteiger partial charge in [-0.25, -0.2) is 14.4 Å². The zero-order valence-electron chi connectivity index (χ0n) is 20.7. The van der Waals surface area contributed by atoms with Crippen molar-refractivity contribution in [3.05, 3.63) is 58.9 Å². The molecule has 0 saturated heterocycles. The second kappa shape index (κ2) is 10.9. The third kappa shape index (κ3) is 6.18. The Morgan fingerprint density at radius 2 is 1.81 bits per heavy atom. The molecule has 2 N–H and O–H groups in total. The highest BCUT2D eigenvalue weighted by molar-refractivity contribution is 5.94. The smallest absolute Gasteiger partial charge is 0.355 e. The molecular weight excluding hydrogens is 478 g/mol. The van der Waals surface area contributed by atoms with Gasteiger partial charge < -0.3 is 15.5 Å². The number of carbonyl (C=O) groups excluding carboxylic acids is 2. The third-order valence-corrected chi connectivity index (χ3v) is 6.85. The maximum atomic E-state index is 14.4. The van der Waals surface area contributed by atoms with E-state index in [4.69, 9.17) is 0 Å². The number of rotatable bonds is 10. The van der Waals surface area contributed by atoms with Gasteiger partial charge in [-0.05, 0) is 63.5 Å². The molecule has 196 valence electrons. The summed E-state index contributed by atoms with van der Waals surface area (Å²) in [4.78, 5) is 34.5. The summed E-state index contributed by atoms with van der Waals surface area (Å²) >= 11 is 0. The summed E-state index contributed by atoms with van der Waals surface area (Å²) in [5, 5.41) is 5.13. The van der Waals surface area contributed by atoms with E-state index in [9.17, 15) is 27.2 Å². The number of hydrogen-bond acceptors (Lipinski definition) is 5. The van der Waals surface area contributed by atoms with Crippen LogP contribution in [0.15, 0.2) is 30.6 Å². The van der Waals surface area contributed by atoms with E-state index in [0.717, 1.165) is 0 Å². The number of nitrogens with one attached hydrogen (secondary N) is 2. The lowest BCUT2D eigenvalue weighted by Gasteiger charge is -2.29. The Kier molecular flexibility index (Phi) is 8.33. The number of amides is 2. The van der Waals surface area contributed by atoms with Gasteiger partial charge in [0.1, 0.15) is 11.6 Å². The Bertz CT molecular complexity index is 1080. The molecule has 1 aliphatic rings. The van der Waals surface area contributed by atoms with Gasteiger partial charge in [-0.15, -0.1) is 0 Å². The molecule has 1 fully saturated rings. The summed E-state index contributed by atoms with van der Waals surface area (Å²) in [5.74, 6) is -2.34. The second-order valence-corrected chi connectivity index (χ2v) is 9.49. The topological polar surface area (TPSA) is 87.2 Å². The standard InChI is InChI=1S/C25H31F4N5O2/c1-15-31-12-17(13-32-15)20(24(7-8-24)25(27,28)29)11-22(35)33-14-18(34(3)4)9-16-5-6-19(21(26)10-16)23(36)30-2/h5-6,10,12-13,18,20H,7-9,11,14H2,1-4H3,(H,30,36)(H,33,35)/t18-,20+/m0/s1. The van der Waals surface area contributed by atoms with Crippen LogP contribution in [-0.4, -0.2) is 66.6 Å². The van der Waals surface area contributed by atoms with Gasteiger partial charge in [0.05, 0.1) is 11.0 Å². The van der Waals surface area contributed by atoms with Crippen LogP contribution in [0, 0.1) is 18.2 Å². The summed E-state index contributed by atoms with van der Waals surface area (Å²) in [7, 11) is 5.00. The SMILES string of the molecule is CNC(=O)c1ccc(C[C@@H](CNC(=O)C[C@H](c2cnc(C)nc2)C2(C(F)(F)F)CC2)N(C)C)cc1F. The molecule has 1 aliphatic carbocycles. The van der Waals surface area contributed by atoms with Gasteiger partial charge in [0.25, 0.3) is 5.91 Å².